The van der Waals surface area contributed by atoms with E-state index in [4.69, 9.17) is 6.48 Å². The van der Waals surface area contributed by atoms with Crippen LogP contribution in [0.15, 0.2) is 30.3 Å². The fourth-order valence-corrected chi connectivity index (χ4v) is 1.06. The standard InChI is InChI=1S/C11H15NO2/c1-9(13)7-11(14)12-8-10-5-3-2-4-6-10/h2-6,9,13H,7-8H2,1H3,(H,12,14)/t9-/m1/s1/i7D/t7-,9-. The molecule has 0 unspecified atom stereocenters. The van der Waals surface area contributed by atoms with Gasteiger partial charge in [0.15, 0.2) is 0 Å². The molecule has 14 heavy (non-hydrogen) atoms. The summed E-state index contributed by atoms with van der Waals surface area (Å²) in [5, 5.41) is 11.6. The Labute approximate surface area is 85.2 Å². The van der Waals surface area contributed by atoms with Crippen LogP contribution in [0.2, 0.25) is 0 Å². The van der Waals surface area contributed by atoms with Crippen molar-refractivity contribution in [3.05, 3.63) is 35.9 Å². The Morgan fingerprint density at radius 2 is 2.21 bits per heavy atom. The average molecular weight is 194 g/mol. The highest BCUT2D eigenvalue weighted by Crippen LogP contribution is 1.98. The monoisotopic (exact) mass is 194 g/mol. The molecule has 0 bridgehead atoms. The average Bonchev–Trinajstić information content (AvgIpc) is 2.26. The van der Waals surface area contributed by atoms with Crippen molar-refractivity contribution in [3.8, 4) is 0 Å². The molecule has 0 spiro atoms. The van der Waals surface area contributed by atoms with Crippen LogP contribution in [0.1, 0.15) is 20.3 Å². The van der Waals surface area contributed by atoms with Gasteiger partial charge in [-0.15, -0.1) is 0 Å². The van der Waals surface area contributed by atoms with Crippen LogP contribution in [-0.4, -0.2) is 17.1 Å². The Bertz CT molecular complexity index is 314. The van der Waals surface area contributed by atoms with Gasteiger partial charge in [0.1, 0.15) is 0 Å². The third-order valence-electron chi connectivity index (χ3n) is 1.70. The molecule has 1 rings (SSSR count). The highest BCUT2D eigenvalue weighted by atomic mass is 16.3. The smallest absolute Gasteiger partial charge is 0.222 e. The van der Waals surface area contributed by atoms with Crippen LogP contribution in [0.3, 0.4) is 0 Å². The molecular formula is C11H15NO2. The number of aliphatic hydroxyl groups is 1. The topological polar surface area (TPSA) is 49.3 Å². The Balaban J connectivity index is 2.41. The third kappa shape index (κ3) is 4.05. The third-order valence-corrected chi connectivity index (χ3v) is 1.70. The van der Waals surface area contributed by atoms with Crippen molar-refractivity contribution in [2.45, 2.75) is 26.0 Å². The molecule has 76 valence electrons. The molecular weight excluding hydrogens is 178 g/mol. The molecule has 1 aromatic rings. The Hall–Kier alpha value is -1.35. The molecule has 0 radical (unpaired) electrons. The van der Waals surface area contributed by atoms with E-state index in [0.29, 0.717) is 6.54 Å². The molecule has 3 heteroatoms. The minimum atomic E-state index is -1.12. The number of nitrogens with one attached hydrogen (secondary N) is 1. The summed E-state index contributed by atoms with van der Waals surface area (Å²) in [7, 11) is 0. The van der Waals surface area contributed by atoms with Gasteiger partial charge in [-0.05, 0) is 12.5 Å². The molecule has 0 heterocycles. The molecule has 1 aromatic carbocycles. The number of benzene rings is 1. The van der Waals surface area contributed by atoms with Crippen molar-refractivity contribution in [1.29, 1.82) is 0 Å². The maximum atomic E-state index is 11.3. The molecule has 3 nitrogen and oxygen atoms in total. The first kappa shape index (κ1) is 9.21. The highest BCUT2D eigenvalue weighted by Gasteiger charge is 2.04. The summed E-state index contributed by atoms with van der Waals surface area (Å²) < 4.78 is 7.34. The summed E-state index contributed by atoms with van der Waals surface area (Å²) in [6, 6.07) is 9.44. The molecule has 0 aliphatic carbocycles. The lowest BCUT2D eigenvalue weighted by molar-refractivity contribution is -0.122. The fourth-order valence-electron chi connectivity index (χ4n) is 1.06. The number of carbonyl (C=O) groups excluding carboxylic acids is 1. The maximum absolute atomic E-state index is 11.3. The predicted octanol–water partition coefficient (Wildman–Crippen LogP) is 1.07. The van der Waals surface area contributed by atoms with Crippen molar-refractivity contribution in [2.75, 3.05) is 0 Å². The quantitative estimate of drug-likeness (QED) is 0.753. The Morgan fingerprint density at radius 3 is 2.79 bits per heavy atom. The van der Waals surface area contributed by atoms with Crippen molar-refractivity contribution in [2.24, 2.45) is 0 Å². The van der Waals surface area contributed by atoms with E-state index in [1.54, 1.807) is 0 Å². The first-order valence-corrected chi connectivity index (χ1v) is 4.53. The van der Waals surface area contributed by atoms with Crippen LogP contribution in [0.5, 0.6) is 0 Å². The molecule has 2 N–H and O–H groups in total. The van der Waals surface area contributed by atoms with Crippen LogP contribution >= 0.6 is 0 Å². The maximum Gasteiger partial charge on any atom is 0.222 e. The minimum absolute atomic E-state index is 0.391. The second-order valence-electron chi connectivity index (χ2n) is 3.11. The SMILES string of the molecule is [2H][C@@H](C(=O)NCc1ccccc1)[C@@H](C)O. The van der Waals surface area contributed by atoms with Gasteiger partial charge in [0.2, 0.25) is 5.91 Å². The van der Waals surface area contributed by atoms with E-state index >= 15 is 0 Å². The molecule has 0 aromatic heterocycles. The summed E-state index contributed by atoms with van der Waals surface area (Å²) in [4.78, 5) is 11.3. The van der Waals surface area contributed by atoms with Gasteiger partial charge in [0.25, 0.3) is 0 Å². The van der Waals surface area contributed by atoms with E-state index in [0.717, 1.165) is 5.56 Å². The molecule has 0 saturated heterocycles. The summed E-state index contributed by atoms with van der Waals surface area (Å²) in [5.41, 5.74) is 0.976. The van der Waals surface area contributed by atoms with E-state index in [-0.39, 0.29) is 0 Å². The summed E-state index contributed by atoms with van der Waals surface area (Å²) in [6.45, 7) is 1.82. The van der Waals surface area contributed by atoms with E-state index in [9.17, 15) is 4.79 Å². The molecule has 0 fully saturated rings. The molecule has 2 atom stereocenters. The number of hydrogen-bond donors (Lipinski definition) is 2. The summed E-state index contributed by atoms with van der Waals surface area (Å²) >= 11 is 0. The second kappa shape index (κ2) is 5.40. The van der Waals surface area contributed by atoms with Gasteiger partial charge < -0.3 is 10.4 Å². The second-order valence-corrected chi connectivity index (χ2v) is 3.11. The first-order chi connectivity index (χ1) is 7.11. The lowest BCUT2D eigenvalue weighted by Gasteiger charge is -2.06. The van der Waals surface area contributed by atoms with Crippen LogP contribution in [-0.2, 0) is 11.3 Å². The van der Waals surface area contributed by atoms with Gasteiger partial charge in [-0.3, -0.25) is 4.79 Å². The minimum Gasteiger partial charge on any atom is -0.393 e. The van der Waals surface area contributed by atoms with E-state index < -0.39 is 18.4 Å². The lowest BCUT2D eigenvalue weighted by atomic mass is 10.2. The Kier molecular flexibility index (Phi) is 3.55. The van der Waals surface area contributed by atoms with Crippen molar-refractivity contribution < 1.29 is 11.3 Å². The summed E-state index contributed by atoms with van der Waals surface area (Å²) in [5.74, 6) is -0.450. The molecule has 1 amide bonds. The van der Waals surface area contributed by atoms with Crippen molar-refractivity contribution in [3.63, 3.8) is 0 Å². The van der Waals surface area contributed by atoms with E-state index in [2.05, 4.69) is 5.32 Å². The van der Waals surface area contributed by atoms with E-state index in [1.165, 1.54) is 6.92 Å². The molecule has 0 aliphatic rings. The van der Waals surface area contributed by atoms with Crippen LogP contribution in [0, 0.1) is 0 Å². The van der Waals surface area contributed by atoms with Gasteiger partial charge in [-0.1, -0.05) is 30.3 Å². The summed E-state index contributed by atoms with van der Waals surface area (Å²) in [6.07, 6.45) is -2.06. The van der Waals surface area contributed by atoms with Crippen LogP contribution < -0.4 is 5.32 Å². The number of amides is 1. The Morgan fingerprint density at radius 1 is 1.57 bits per heavy atom. The number of hydrogen-bond acceptors (Lipinski definition) is 2. The lowest BCUT2D eigenvalue weighted by Crippen LogP contribution is -2.25. The zero-order chi connectivity index (χ0) is 11.3. The molecule has 0 aliphatic heterocycles. The largest absolute Gasteiger partial charge is 0.393 e. The zero-order valence-electron chi connectivity index (χ0n) is 9.10. The van der Waals surface area contributed by atoms with Crippen LogP contribution in [0.25, 0.3) is 0 Å². The highest BCUT2D eigenvalue weighted by molar-refractivity contribution is 5.76. The normalized spacial score (nSPS) is 15.4. The fraction of sp³-hybridized carbons (Fsp3) is 0.364. The number of carbonyl (C=O) groups is 1. The van der Waals surface area contributed by atoms with Crippen molar-refractivity contribution >= 4 is 5.91 Å². The van der Waals surface area contributed by atoms with Gasteiger partial charge in [0.05, 0.1) is 12.5 Å². The van der Waals surface area contributed by atoms with Crippen LogP contribution in [0.4, 0.5) is 0 Å². The van der Waals surface area contributed by atoms with Gasteiger partial charge >= 0.3 is 0 Å². The van der Waals surface area contributed by atoms with Gasteiger partial charge in [-0.25, -0.2) is 0 Å². The molecule has 0 saturated carbocycles. The van der Waals surface area contributed by atoms with Gasteiger partial charge in [-0.2, -0.15) is 0 Å². The van der Waals surface area contributed by atoms with Crippen molar-refractivity contribution in [1.82, 2.24) is 5.32 Å². The zero-order valence-corrected chi connectivity index (χ0v) is 8.10. The number of rotatable bonds is 4. The number of aliphatic hydroxyl groups excluding tert-OH is 1. The first-order valence-electron chi connectivity index (χ1n) is 5.11. The van der Waals surface area contributed by atoms with E-state index in [1.807, 2.05) is 30.3 Å². The predicted molar refractivity (Wildman–Crippen MR) is 54.6 cm³/mol. The van der Waals surface area contributed by atoms with Gasteiger partial charge in [0, 0.05) is 7.92 Å².